The van der Waals surface area contributed by atoms with Gasteiger partial charge in [0, 0.05) is 6.20 Å². The van der Waals surface area contributed by atoms with Gasteiger partial charge in [-0.1, -0.05) is 31.2 Å². The highest BCUT2D eigenvalue weighted by Gasteiger charge is 2.15. The molecule has 18 heavy (non-hydrogen) atoms. The van der Waals surface area contributed by atoms with Gasteiger partial charge in [0.05, 0.1) is 5.69 Å². The maximum atomic E-state index is 10.5. The van der Waals surface area contributed by atoms with Crippen LogP contribution in [-0.4, -0.2) is 10.1 Å². The molecule has 0 saturated heterocycles. The van der Waals surface area contributed by atoms with Gasteiger partial charge in [-0.2, -0.15) is 0 Å². The SMILES string of the molecule is CCc1cccnc1C(O)c1ccc(C)c(C)c1. The topological polar surface area (TPSA) is 33.1 Å². The monoisotopic (exact) mass is 241 g/mol. The zero-order valence-electron chi connectivity index (χ0n) is 11.1. The van der Waals surface area contributed by atoms with Crippen LogP contribution in [0.4, 0.5) is 0 Å². The number of aryl methyl sites for hydroxylation is 3. The molecule has 0 aliphatic carbocycles. The standard InChI is InChI=1S/C16H19NO/c1-4-13-6-5-9-17-15(13)16(18)14-8-7-11(2)12(3)10-14/h5-10,16,18H,4H2,1-3H3. The molecule has 1 aromatic heterocycles. The average molecular weight is 241 g/mol. The first-order valence-electron chi connectivity index (χ1n) is 6.32. The molecule has 0 aliphatic heterocycles. The van der Waals surface area contributed by atoms with Gasteiger partial charge in [-0.25, -0.2) is 0 Å². The number of hydrogen-bond donors (Lipinski definition) is 1. The van der Waals surface area contributed by atoms with Gasteiger partial charge >= 0.3 is 0 Å². The number of aromatic nitrogens is 1. The molecule has 1 heterocycles. The summed E-state index contributed by atoms with van der Waals surface area (Å²) >= 11 is 0. The number of nitrogens with zero attached hydrogens (tertiary/aromatic N) is 1. The zero-order valence-corrected chi connectivity index (χ0v) is 11.1. The van der Waals surface area contributed by atoms with Crippen molar-refractivity contribution < 1.29 is 5.11 Å². The first-order valence-corrected chi connectivity index (χ1v) is 6.32. The second-order valence-corrected chi connectivity index (χ2v) is 4.65. The van der Waals surface area contributed by atoms with Gasteiger partial charge < -0.3 is 5.11 Å². The molecule has 2 rings (SSSR count). The van der Waals surface area contributed by atoms with Crippen LogP contribution in [0.5, 0.6) is 0 Å². The van der Waals surface area contributed by atoms with Crippen LogP contribution in [0.3, 0.4) is 0 Å². The van der Waals surface area contributed by atoms with Crippen molar-refractivity contribution in [2.24, 2.45) is 0 Å². The van der Waals surface area contributed by atoms with E-state index in [0.29, 0.717) is 0 Å². The van der Waals surface area contributed by atoms with Crippen molar-refractivity contribution in [2.75, 3.05) is 0 Å². The van der Waals surface area contributed by atoms with Crippen LogP contribution in [-0.2, 0) is 6.42 Å². The Morgan fingerprint density at radius 3 is 2.61 bits per heavy atom. The Balaban J connectivity index is 2.41. The van der Waals surface area contributed by atoms with E-state index in [4.69, 9.17) is 0 Å². The van der Waals surface area contributed by atoms with Gasteiger partial charge in [-0.3, -0.25) is 4.98 Å². The summed E-state index contributed by atoms with van der Waals surface area (Å²) in [6.07, 6.45) is 1.98. The van der Waals surface area contributed by atoms with Crippen LogP contribution in [0, 0.1) is 13.8 Å². The molecule has 94 valence electrons. The van der Waals surface area contributed by atoms with Gasteiger partial charge in [0.2, 0.25) is 0 Å². The van der Waals surface area contributed by atoms with Crippen molar-refractivity contribution in [1.82, 2.24) is 4.98 Å². The predicted molar refractivity (Wildman–Crippen MR) is 73.6 cm³/mol. The molecule has 1 unspecified atom stereocenters. The molecule has 0 radical (unpaired) electrons. The summed E-state index contributed by atoms with van der Waals surface area (Å²) in [5.41, 5.74) is 5.21. The first kappa shape index (κ1) is 12.8. The van der Waals surface area contributed by atoms with E-state index >= 15 is 0 Å². The van der Waals surface area contributed by atoms with Gasteiger partial charge in [0.1, 0.15) is 6.10 Å². The molecule has 1 atom stereocenters. The third-order valence-electron chi connectivity index (χ3n) is 3.41. The summed E-state index contributed by atoms with van der Waals surface area (Å²) in [4.78, 5) is 4.33. The lowest BCUT2D eigenvalue weighted by molar-refractivity contribution is 0.214. The van der Waals surface area contributed by atoms with Crippen LogP contribution < -0.4 is 0 Å². The second kappa shape index (κ2) is 5.32. The number of benzene rings is 1. The Labute approximate surface area is 108 Å². The molecular formula is C16H19NO. The molecule has 1 N–H and O–H groups in total. The highest BCUT2D eigenvalue weighted by Crippen LogP contribution is 2.25. The summed E-state index contributed by atoms with van der Waals surface area (Å²) < 4.78 is 0. The van der Waals surface area contributed by atoms with Crippen molar-refractivity contribution in [2.45, 2.75) is 33.3 Å². The molecule has 2 aromatic rings. The van der Waals surface area contributed by atoms with Crippen LogP contribution in [0.15, 0.2) is 36.5 Å². The van der Waals surface area contributed by atoms with Gasteiger partial charge in [0.25, 0.3) is 0 Å². The van der Waals surface area contributed by atoms with Crippen molar-refractivity contribution in [3.05, 3.63) is 64.5 Å². The Bertz CT molecular complexity index is 549. The van der Waals surface area contributed by atoms with E-state index in [9.17, 15) is 5.11 Å². The van der Waals surface area contributed by atoms with Crippen molar-refractivity contribution in [1.29, 1.82) is 0 Å². The molecule has 0 aliphatic rings. The minimum absolute atomic E-state index is 0.638. The summed E-state index contributed by atoms with van der Waals surface area (Å²) in [5.74, 6) is 0. The zero-order chi connectivity index (χ0) is 13.1. The fourth-order valence-electron chi connectivity index (χ4n) is 2.09. The van der Waals surface area contributed by atoms with Crippen LogP contribution in [0.1, 0.15) is 41.0 Å². The van der Waals surface area contributed by atoms with Gasteiger partial charge in [-0.05, 0) is 48.6 Å². The molecule has 0 amide bonds. The lowest BCUT2D eigenvalue weighted by Crippen LogP contribution is -2.06. The Morgan fingerprint density at radius 1 is 1.17 bits per heavy atom. The normalized spacial score (nSPS) is 12.4. The summed E-state index contributed by atoms with van der Waals surface area (Å²) in [6, 6.07) is 9.99. The van der Waals surface area contributed by atoms with E-state index in [0.717, 1.165) is 23.2 Å². The highest BCUT2D eigenvalue weighted by atomic mass is 16.3. The molecular weight excluding hydrogens is 222 g/mol. The first-order chi connectivity index (χ1) is 8.63. The quantitative estimate of drug-likeness (QED) is 0.894. The van der Waals surface area contributed by atoms with E-state index in [-0.39, 0.29) is 0 Å². The van der Waals surface area contributed by atoms with Gasteiger partial charge in [-0.15, -0.1) is 0 Å². The Kier molecular flexibility index (Phi) is 3.78. The van der Waals surface area contributed by atoms with E-state index in [1.165, 1.54) is 11.1 Å². The third-order valence-corrected chi connectivity index (χ3v) is 3.41. The maximum Gasteiger partial charge on any atom is 0.121 e. The van der Waals surface area contributed by atoms with E-state index in [1.807, 2.05) is 30.3 Å². The van der Waals surface area contributed by atoms with Crippen LogP contribution in [0.2, 0.25) is 0 Å². The lowest BCUT2D eigenvalue weighted by Gasteiger charge is -2.15. The van der Waals surface area contributed by atoms with Crippen molar-refractivity contribution in [3.63, 3.8) is 0 Å². The molecule has 2 nitrogen and oxygen atoms in total. The number of aliphatic hydroxyl groups is 1. The number of hydrogen-bond acceptors (Lipinski definition) is 2. The summed E-state index contributed by atoms with van der Waals surface area (Å²) in [7, 11) is 0. The minimum atomic E-state index is -0.638. The fourth-order valence-corrected chi connectivity index (χ4v) is 2.09. The smallest absolute Gasteiger partial charge is 0.121 e. The van der Waals surface area contributed by atoms with E-state index in [2.05, 4.69) is 25.8 Å². The van der Waals surface area contributed by atoms with E-state index < -0.39 is 6.10 Å². The Hall–Kier alpha value is -1.67. The molecule has 0 saturated carbocycles. The number of rotatable bonds is 3. The largest absolute Gasteiger partial charge is 0.382 e. The predicted octanol–water partition coefficient (Wildman–Crippen LogP) is 3.34. The Morgan fingerprint density at radius 2 is 1.94 bits per heavy atom. The van der Waals surface area contributed by atoms with Crippen LogP contribution in [0.25, 0.3) is 0 Å². The van der Waals surface area contributed by atoms with Gasteiger partial charge in [0.15, 0.2) is 0 Å². The average Bonchev–Trinajstić information content (AvgIpc) is 2.41. The van der Waals surface area contributed by atoms with Crippen molar-refractivity contribution >= 4 is 0 Å². The minimum Gasteiger partial charge on any atom is -0.382 e. The number of pyridine rings is 1. The molecule has 0 fully saturated rings. The highest BCUT2D eigenvalue weighted by molar-refractivity contribution is 5.36. The number of aliphatic hydroxyl groups excluding tert-OH is 1. The molecule has 2 heteroatoms. The summed E-state index contributed by atoms with van der Waals surface area (Å²) in [5, 5.41) is 10.5. The molecule has 0 bridgehead atoms. The van der Waals surface area contributed by atoms with Crippen LogP contribution >= 0.6 is 0 Å². The second-order valence-electron chi connectivity index (χ2n) is 4.65. The molecule has 1 aromatic carbocycles. The van der Waals surface area contributed by atoms with E-state index in [1.54, 1.807) is 6.20 Å². The lowest BCUT2D eigenvalue weighted by atomic mass is 9.98. The molecule has 0 spiro atoms. The van der Waals surface area contributed by atoms with Crippen molar-refractivity contribution in [3.8, 4) is 0 Å². The third kappa shape index (κ3) is 2.44. The fraction of sp³-hybridized carbons (Fsp3) is 0.312. The summed E-state index contributed by atoms with van der Waals surface area (Å²) in [6.45, 7) is 6.21. The maximum absolute atomic E-state index is 10.5.